The van der Waals surface area contributed by atoms with Gasteiger partial charge < -0.3 is 15.5 Å². The molecule has 2 saturated heterocycles. The van der Waals surface area contributed by atoms with Gasteiger partial charge in [0.25, 0.3) is 5.91 Å². The molecular weight excluding hydrogens is 633 g/mol. The van der Waals surface area contributed by atoms with Crippen LogP contribution < -0.4 is 15.8 Å². The zero-order chi connectivity index (χ0) is 33.1. The molecule has 4 N–H and O–H groups in total. The van der Waals surface area contributed by atoms with Gasteiger partial charge in [0.2, 0.25) is 16.0 Å². The molecule has 6 rings (SSSR count). The van der Waals surface area contributed by atoms with Crippen molar-refractivity contribution < 1.29 is 22.0 Å². The molecule has 2 aliphatic heterocycles. The predicted molar refractivity (Wildman–Crippen MR) is 175 cm³/mol. The first-order valence-electron chi connectivity index (χ1n) is 15.7. The van der Waals surface area contributed by atoms with Gasteiger partial charge in [-0.15, -0.1) is 11.3 Å². The molecule has 4 heterocycles. The van der Waals surface area contributed by atoms with Crippen LogP contribution in [0.5, 0.6) is 0 Å². The van der Waals surface area contributed by atoms with Crippen molar-refractivity contribution in [2.75, 3.05) is 31.5 Å². The molecule has 248 valence electrons. The maximum absolute atomic E-state index is 16.1. The van der Waals surface area contributed by atoms with Gasteiger partial charge in [-0.3, -0.25) is 4.79 Å². The molecule has 1 spiro atoms. The highest BCUT2D eigenvalue weighted by molar-refractivity contribution is 7.89. The van der Waals surface area contributed by atoms with E-state index in [1.54, 1.807) is 36.2 Å². The number of benzene rings is 1. The third-order valence-electron chi connectivity index (χ3n) is 9.37. The molecule has 10 nitrogen and oxygen atoms in total. The van der Waals surface area contributed by atoms with Crippen molar-refractivity contribution in [2.24, 2.45) is 10.6 Å². The third-order valence-corrected chi connectivity index (χ3v) is 12.3. The molecule has 3 aliphatic rings. The standard InChI is InChI=1S/C32H41F2N7O3S2/c1-5-23(46(35,43)44)20-7-6-8-21(24(20)33)25-26(45-27(40-25)30(2,3)4)22-9-12-37-29(39-22)38-19-15-31(16-19)17-41(18-31)28(42)32(34)10-13-36-14-11-32/h6-9,12,19,23,36H,5,10-11,13-18H2,1-4H3,(H2,35,43,44)(H,37,38,39). The lowest BCUT2D eigenvalue weighted by atomic mass is 9.60. The number of nitrogens with zero attached hydrogens (tertiary/aromatic N) is 4. The number of piperidine rings is 1. The quantitative estimate of drug-likeness (QED) is 0.305. The van der Waals surface area contributed by atoms with Crippen molar-refractivity contribution in [1.82, 2.24) is 25.2 Å². The number of likely N-dealkylation sites (tertiary alicyclic amines) is 1. The summed E-state index contributed by atoms with van der Waals surface area (Å²) in [7, 11) is -4.03. The second-order valence-electron chi connectivity index (χ2n) is 14.0. The number of nitrogens with one attached hydrogen (secondary N) is 2. The summed E-state index contributed by atoms with van der Waals surface area (Å²) >= 11 is 1.41. The van der Waals surface area contributed by atoms with E-state index in [9.17, 15) is 13.2 Å². The van der Waals surface area contributed by atoms with Crippen molar-refractivity contribution in [2.45, 2.75) is 82.2 Å². The number of amides is 1. The van der Waals surface area contributed by atoms with Crippen LogP contribution in [0.3, 0.4) is 0 Å². The summed E-state index contributed by atoms with van der Waals surface area (Å²) in [6, 6.07) is 6.52. The molecule has 3 fully saturated rings. The van der Waals surface area contributed by atoms with Gasteiger partial charge in [0.05, 0.1) is 21.3 Å². The topological polar surface area (TPSA) is 143 Å². The normalized spacial score (nSPS) is 20.2. The molecular formula is C32H41F2N7O3S2. The molecule has 2 aromatic heterocycles. The Kier molecular flexibility index (Phi) is 8.48. The number of carbonyl (C=O) groups is 1. The number of sulfonamides is 1. The summed E-state index contributed by atoms with van der Waals surface area (Å²) in [4.78, 5) is 29.2. The highest BCUT2D eigenvalue weighted by Gasteiger charge is 2.56. The van der Waals surface area contributed by atoms with E-state index in [0.717, 1.165) is 17.8 Å². The number of aromatic nitrogens is 3. The summed E-state index contributed by atoms with van der Waals surface area (Å²) < 4.78 is 55.8. The van der Waals surface area contributed by atoms with E-state index in [1.165, 1.54) is 17.4 Å². The van der Waals surface area contributed by atoms with Crippen LogP contribution in [0.25, 0.3) is 21.8 Å². The second-order valence-corrected chi connectivity index (χ2v) is 16.8. The molecule has 3 aromatic rings. The van der Waals surface area contributed by atoms with Gasteiger partial charge >= 0.3 is 0 Å². The van der Waals surface area contributed by atoms with E-state index in [4.69, 9.17) is 15.1 Å². The van der Waals surface area contributed by atoms with Gasteiger partial charge in [-0.2, -0.15) is 0 Å². The van der Waals surface area contributed by atoms with Crippen LogP contribution in [0.4, 0.5) is 14.7 Å². The number of carbonyl (C=O) groups excluding carboxylic acids is 1. The van der Waals surface area contributed by atoms with E-state index in [2.05, 4.69) is 15.6 Å². The number of rotatable bonds is 8. The average molecular weight is 674 g/mol. The average Bonchev–Trinajstić information content (AvgIpc) is 3.41. The summed E-state index contributed by atoms with van der Waals surface area (Å²) in [6.45, 7) is 9.90. The predicted octanol–water partition coefficient (Wildman–Crippen LogP) is 4.94. The Labute approximate surface area is 272 Å². The monoisotopic (exact) mass is 673 g/mol. The Balaban J connectivity index is 1.21. The van der Waals surface area contributed by atoms with Crippen LogP contribution in [0.2, 0.25) is 0 Å². The van der Waals surface area contributed by atoms with Gasteiger partial charge in [0.1, 0.15) is 11.1 Å². The van der Waals surface area contributed by atoms with Crippen molar-refractivity contribution in [3.63, 3.8) is 0 Å². The molecule has 14 heteroatoms. The molecule has 1 unspecified atom stereocenters. The van der Waals surface area contributed by atoms with Crippen molar-refractivity contribution in [3.8, 4) is 21.8 Å². The fraction of sp³-hybridized carbons (Fsp3) is 0.562. The van der Waals surface area contributed by atoms with Crippen LogP contribution >= 0.6 is 11.3 Å². The lowest BCUT2D eigenvalue weighted by Crippen LogP contribution is -2.69. The number of halogens is 2. The number of hydrogen-bond acceptors (Lipinski definition) is 9. The van der Waals surface area contributed by atoms with Crippen molar-refractivity contribution in [3.05, 3.63) is 46.9 Å². The Morgan fingerprint density at radius 1 is 1.20 bits per heavy atom. The lowest BCUT2D eigenvalue weighted by Gasteiger charge is -2.59. The number of thiazole rings is 1. The first kappa shape index (κ1) is 32.9. The Morgan fingerprint density at radius 2 is 1.89 bits per heavy atom. The third kappa shape index (κ3) is 6.16. The van der Waals surface area contributed by atoms with Gasteiger partial charge in [-0.1, -0.05) is 39.8 Å². The summed E-state index contributed by atoms with van der Waals surface area (Å²) in [5, 5.41) is 11.6. The smallest absolute Gasteiger partial charge is 0.260 e. The van der Waals surface area contributed by atoms with E-state index >= 15 is 8.78 Å². The van der Waals surface area contributed by atoms with E-state index < -0.39 is 26.8 Å². The number of alkyl halides is 1. The molecule has 1 saturated carbocycles. The fourth-order valence-corrected chi connectivity index (χ4v) is 9.03. The number of nitrogens with two attached hydrogens (primary N) is 1. The summed E-state index contributed by atoms with van der Waals surface area (Å²) in [5.74, 6) is -0.624. The Morgan fingerprint density at radius 3 is 2.52 bits per heavy atom. The zero-order valence-electron chi connectivity index (χ0n) is 26.6. The van der Waals surface area contributed by atoms with E-state index in [1.807, 2.05) is 20.8 Å². The lowest BCUT2D eigenvalue weighted by molar-refractivity contribution is -0.165. The first-order valence-corrected chi connectivity index (χ1v) is 18.2. The summed E-state index contributed by atoms with van der Waals surface area (Å²) in [5.41, 5.74) is -0.959. The van der Waals surface area contributed by atoms with E-state index in [0.29, 0.717) is 48.4 Å². The number of hydrogen-bond donors (Lipinski definition) is 3. The maximum atomic E-state index is 16.1. The van der Waals surface area contributed by atoms with Gasteiger partial charge in [0, 0.05) is 60.1 Å². The molecule has 1 aliphatic carbocycles. The van der Waals surface area contributed by atoms with Gasteiger partial charge in [-0.25, -0.2) is 37.3 Å². The minimum atomic E-state index is -4.03. The highest BCUT2D eigenvalue weighted by atomic mass is 32.2. The first-order chi connectivity index (χ1) is 21.6. The minimum absolute atomic E-state index is 0.00341. The molecule has 0 radical (unpaired) electrons. The van der Waals surface area contributed by atoms with Crippen LogP contribution in [-0.2, 0) is 20.2 Å². The zero-order valence-corrected chi connectivity index (χ0v) is 28.2. The van der Waals surface area contributed by atoms with Crippen LogP contribution in [0.15, 0.2) is 30.5 Å². The SMILES string of the molecule is CCC(c1cccc(-c2nc(C(C)(C)C)sc2-c2ccnc(NC3CC4(C3)CN(C(=O)C3(F)CCNCC3)C4)n2)c1F)S(N)(=O)=O. The van der Waals surface area contributed by atoms with Crippen LogP contribution in [0, 0.1) is 11.2 Å². The minimum Gasteiger partial charge on any atom is -0.351 e. The highest BCUT2D eigenvalue weighted by Crippen LogP contribution is 2.50. The van der Waals surface area contributed by atoms with Crippen LogP contribution in [-0.4, -0.2) is 72.1 Å². The maximum Gasteiger partial charge on any atom is 0.260 e. The molecule has 1 amide bonds. The Hall–Kier alpha value is -3.07. The largest absolute Gasteiger partial charge is 0.351 e. The molecule has 1 aromatic carbocycles. The molecule has 46 heavy (non-hydrogen) atoms. The molecule has 0 bridgehead atoms. The van der Waals surface area contributed by atoms with Gasteiger partial charge in [0.15, 0.2) is 5.67 Å². The second kappa shape index (κ2) is 11.9. The van der Waals surface area contributed by atoms with Crippen molar-refractivity contribution >= 4 is 33.2 Å². The van der Waals surface area contributed by atoms with Crippen molar-refractivity contribution in [1.29, 1.82) is 0 Å². The van der Waals surface area contributed by atoms with Gasteiger partial charge in [-0.05, 0) is 44.5 Å². The summed E-state index contributed by atoms with van der Waals surface area (Å²) in [6.07, 6.45) is 3.86. The van der Waals surface area contributed by atoms with E-state index in [-0.39, 0.29) is 53.2 Å². The van der Waals surface area contributed by atoms with Crippen LogP contribution in [0.1, 0.15) is 75.6 Å². The molecule has 1 atom stereocenters. The fourth-order valence-electron chi connectivity index (χ4n) is 6.92. The number of anilines is 1. The Bertz CT molecular complexity index is 1740. The number of primary sulfonamides is 1.